The van der Waals surface area contributed by atoms with Crippen LogP contribution in [0.15, 0.2) is 6.20 Å². The summed E-state index contributed by atoms with van der Waals surface area (Å²) in [4.78, 5) is 0. The lowest BCUT2D eigenvalue weighted by atomic mass is 10.5. The maximum Gasteiger partial charge on any atom is 0.502 e. The molecule has 0 aliphatic rings. The minimum atomic E-state index is -0.360. The molecule has 0 amide bonds. The average Bonchev–Trinajstić information content (AvgIpc) is 2.66. The van der Waals surface area contributed by atoms with Crippen LogP contribution in [0.4, 0.5) is 0 Å². The molecular weight excluding hydrogens is 206 g/mol. The maximum absolute atomic E-state index is 11.6. The molecule has 2 aromatic heterocycles. The van der Waals surface area contributed by atoms with Gasteiger partial charge in [0.15, 0.2) is 5.75 Å². The monoisotopic (exact) mass is 215 g/mol. The van der Waals surface area contributed by atoms with Gasteiger partial charge in [-0.2, -0.15) is 4.73 Å². The van der Waals surface area contributed by atoms with Crippen LogP contribution in [0.25, 0.3) is 11.2 Å². The van der Waals surface area contributed by atoms with Gasteiger partial charge in [0.1, 0.15) is 0 Å². The molecule has 82 valence electrons. The van der Waals surface area contributed by atoms with Crippen molar-refractivity contribution in [3.63, 3.8) is 0 Å². The van der Waals surface area contributed by atoms with Crippen LogP contribution in [0.3, 0.4) is 0 Å². The quantitative estimate of drug-likeness (QED) is 0.402. The Morgan fingerprint density at radius 3 is 2.53 bits per heavy atom. The van der Waals surface area contributed by atoms with E-state index in [0.29, 0.717) is 14.2 Å². The Kier molecular flexibility index (Phi) is 1.78. The molecule has 0 saturated heterocycles. The van der Waals surface area contributed by atoms with Crippen molar-refractivity contribution in [3.05, 3.63) is 11.4 Å². The van der Waals surface area contributed by atoms with E-state index in [1.54, 1.807) is 0 Å². The van der Waals surface area contributed by atoms with E-state index in [2.05, 4.69) is 4.74 Å². The highest BCUT2D eigenvalue weighted by Crippen LogP contribution is 2.27. The van der Waals surface area contributed by atoms with Gasteiger partial charge in [-0.15, -0.1) is 4.73 Å². The first kappa shape index (κ1) is 9.31. The van der Waals surface area contributed by atoms with Gasteiger partial charge in [-0.25, -0.2) is 0 Å². The zero-order valence-corrected chi connectivity index (χ0v) is 8.04. The molecule has 0 fully saturated rings. The number of nitrogens with zero attached hydrogens (tertiary/aromatic N) is 3. The molecule has 0 spiro atoms. The highest BCUT2D eigenvalue weighted by molar-refractivity contribution is 5.77. The first-order valence-corrected chi connectivity index (χ1v) is 3.97. The first-order valence-electron chi connectivity index (χ1n) is 3.97. The van der Waals surface area contributed by atoms with Crippen LogP contribution in [0, 0.1) is 5.21 Å². The van der Waals surface area contributed by atoms with Crippen molar-refractivity contribution in [3.8, 4) is 11.8 Å². The van der Waals surface area contributed by atoms with Gasteiger partial charge in [0.2, 0.25) is 5.52 Å². The molecule has 0 atom stereocenters. The van der Waals surface area contributed by atoms with E-state index in [4.69, 9.17) is 4.74 Å². The Balaban J connectivity index is 2.90. The minimum absolute atomic E-state index is 0.0145. The third-order valence-electron chi connectivity index (χ3n) is 2.06. The van der Waals surface area contributed by atoms with Gasteiger partial charge in [0, 0.05) is 4.73 Å². The highest BCUT2D eigenvalue weighted by atomic mass is 16.6. The summed E-state index contributed by atoms with van der Waals surface area (Å²) in [7, 11) is 2.57. The van der Waals surface area contributed by atoms with Crippen LogP contribution >= 0.6 is 0 Å². The van der Waals surface area contributed by atoms with E-state index in [9.17, 15) is 15.6 Å². The second kappa shape index (κ2) is 2.87. The van der Waals surface area contributed by atoms with E-state index in [0.717, 1.165) is 6.20 Å². The molecule has 8 nitrogen and oxygen atoms in total. The van der Waals surface area contributed by atoms with Gasteiger partial charge in [0.05, 0.1) is 20.4 Å². The summed E-state index contributed by atoms with van der Waals surface area (Å²) >= 11 is 0. The van der Waals surface area contributed by atoms with Crippen LogP contribution < -0.4 is 14.2 Å². The van der Waals surface area contributed by atoms with Gasteiger partial charge in [0.25, 0.3) is 0 Å². The molecule has 0 unspecified atom stereocenters. The van der Waals surface area contributed by atoms with E-state index in [1.165, 1.54) is 14.2 Å². The van der Waals surface area contributed by atoms with Crippen molar-refractivity contribution in [1.82, 2.24) is 9.46 Å². The summed E-state index contributed by atoms with van der Waals surface area (Å²) in [6.07, 6.45) is 1.16. The molecular formula is C7H9N3O5. The van der Waals surface area contributed by atoms with Crippen molar-refractivity contribution < 1.29 is 24.6 Å². The SMILES string of the molecule is COc1cn(O)c2c1[n+]([O-])c(OC)n2O. The molecule has 2 rings (SSSR count). The Hall–Kier alpha value is -2.25. The number of hydrogen-bond donors (Lipinski definition) is 2. The standard InChI is InChI=1S/C7H9N3O5/c1-14-4-3-8(11)6-5(4)9(12)7(15-2)10(6)13/h3,11,13H,1-2H3. The molecule has 15 heavy (non-hydrogen) atoms. The van der Waals surface area contributed by atoms with E-state index in [-0.39, 0.29) is 22.9 Å². The van der Waals surface area contributed by atoms with E-state index in [1.807, 2.05) is 0 Å². The summed E-state index contributed by atoms with van der Waals surface area (Å²) < 4.78 is 10.8. The number of methoxy groups -OCH3 is 2. The molecule has 0 radical (unpaired) electrons. The fourth-order valence-electron chi connectivity index (χ4n) is 1.43. The predicted octanol–water partition coefficient (Wildman–Crippen LogP) is -0.432. The zero-order valence-electron chi connectivity index (χ0n) is 8.04. The van der Waals surface area contributed by atoms with Crippen LogP contribution in [0.5, 0.6) is 11.8 Å². The fourth-order valence-corrected chi connectivity index (χ4v) is 1.43. The van der Waals surface area contributed by atoms with Crippen molar-refractivity contribution in [1.29, 1.82) is 0 Å². The van der Waals surface area contributed by atoms with Crippen LogP contribution in [-0.2, 0) is 0 Å². The van der Waals surface area contributed by atoms with Crippen molar-refractivity contribution in [2.45, 2.75) is 0 Å². The van der Waals surface area contributed by atoms with Gasteiger partial charge in [-0.05, 0) is 0 Å². The smallest absolute Gasteiger partial charge is 0.502 e. The Bertz CT molecular complexity index is 514. The molecule has 2 N–H and O–H groups in total. The molecule has 0 aliphatic heterocycles. The topological polar surface area (TPSA) is 95.7 Å². The van der Waals surface area contributed by atoms with Gasteiger partial charge in [-0.1, -0.05) is 0 Å². The maximum atomic E-state index is 11.6. The summed E-state index contributed by atoms with van der Waals surface area (Å²) in [5, 5.41) is 30.5. The predicted molar refractivity (Wildman–Crippen MR) is 46.4 cm³/mol. The second-order valence-electron chi connectivity index (χ2n) is 2.81. The number of rotatable bonds is 2. The van der Waals surface area contributed by atoms with E-state index < -0.39 is 0 Å². The summed E-state index contributed by atoms with van der Waals surface area (Å²) in [5.41, 5.74) is -0.141. The van der Waals surface area contributed by atoms with Crippen molar-refractivity contribution in [2.24, 2.45) is 0 Å². The fraction of sp³-hybridized carbons (Fsp3) is 0.286. The van der Waals surface area contributed by atoms with Crippen LogP contribution in [0.1, 0.15) is 0 Å². The number of aromatic nitrogens is 3. The highest BCUT2D eigenvalue weighted by Gasteiger charge is 2.30. The largest absolute Gasteiger partial charge is 0.708 e. The number of hydrogen-bond acceptors (Lipinski definition) is 5. The first-order chi connectivity index (χ1) is 7.11. The van der Waals surface area contributed by atoms with E-state index >= 15 is 0 Å². The second-order valence-corrected chi connectivity index (χ2v) is 2.81. The molecule has 0 saturated carbocycles. The lowest BCUT2D eigenvalue weighted by molar-refractivity contribution is -0.587. The lowest BCUT2D eigenvalue weighted by Gasteiger charge is -2.01. The molecule has 2 aromatic rings. The Morgan fingerprint density at radius 1 is 1.33 bits per heavy atom. The molecule has 0 aliphatic carbocycles. The summed E-state index contributed by atoms with van der Waals surface area (Å²) in [5.74, 6) is 0.133. The van der Waals surface area contributed by atoms with Crippen LogP contribution in [0.2, 0.25) is 0 Å². The Labute approximate surface area is 83.6 Å². The van der Waals surface area contributed by atoms with Crippen molar-refractivity contribution >= 4 is 11.2 Å². The molecule has 2 heterocycles. The van der Waals surface area contributed by atoms with Crippen molar-refractivity contribution in [2.75, 3.05) is 14.2 Å². The summed E-state index contributed by atoms with van der Waals surface area (Å²) in [6, 6.07) is -0.360. The lowest BCUT2D eigenvalue weighted by Crippen LogP contribution is -2.27. The minimum Gasteiger partial charge on any atom is -0.708 e. The molecule has 0 aromatic carbocycles. The molecule has 8 heteroatoms. The number of imidazole rings is 1. The van der Waals surface area contributed by atoms with Crippen LogP contribution in [-0.4, -0.2) is 34.1 Å². The normalized spacial score (nSPS) is 10.8. The third-order valence-corrected chi connectivity index (χ3v) is 2.06. The number of fused-ring (bicyclic) bond motifs is 1. The number of ether oxygens (including phenoxy) is 2. The zero-order chi connectivity index (χ0) is 11.2. The molecule has 0 bridgehead atoms. The third kappa shape index (κ3) is 0.981. The van der Waals surface area contributed by atoms with Gasteiger partial charge < -0.3 is 25.1 Å². The van der Waals surface area contributed by atoms with Gasteiger partial charge in [-0.3, -0.25) is 0 Å². The average molecular weight is 215 g/mol. The Morgan fingerprint density at radius 2 is 2.00 bits per heavy atom. The summed E-state index contributed by atoms with van der Waals surface area (Å²) in [6.45, 7) is 0. The van der Waals surface area contributed by atoms with Gasteiger partial charge >= 0.3 is 11.7 Å².